The second kappa shape index (κ2) is 5.67. The second-order valence-electron chi connectivity index (χ2n) is 4.52. The molecule has 1 fully saturated rings. The highest BCUT2D eigenvalue weighted by molar-refractivity contribution is 5.96. The number of piperidine rings is 1. The van der Waals surface area contributed by atoms with Gasteiger partial charge in [0.2, 0.25) is 5.91 Å². The zero-order valence-electron chi connectivity index (χ0n) is 10.5. The number of amides is 2. The Balaban J connectivity index is 2.01. The van der Waals surface area contributed by atoms with Crippen LogP contribution in [0.3, 0.4) is 0 Å². The van der Waals surface area contributed by atoms with Crippen LogP contribution in [0.2, 0.25) is 0 Å². The van der Waals surface area contributed by atoms with Gasteiger partial charge in [0.25, 0.3) is 5.91 Å². The van der Waals surface area contributed by atoms with Gasteiger partial charge in [-0.05, 0) is 24.5 Å². The maximum absolute atomic E-state index is 12.2. The maximum atomic E-state index is 12.2. The molecule has 1 saturated heterocycles. The molecule has 1 heterocycles. The fraction of sp³-hybridized carbons (Fsp3) is 0.429. The fourth-order valence-electron chi connectivity index (χ4n) is 2.17. The van der Waals surface area contributed by atoms with Gasteiger partial charge in [-0.1, -0.05) is 25.1 Å². The van der Waals surface area contributed by atoms with Crippen LogP contribution in [0.1, 0.15) is 35.7 Å². The first-order valence-electron chi connectivity index (χ1n) is 6.36. The average Bonchev–Trinajstić information content (AvgIpc) is 2.41. The van der Waals surface area contributed by atoms with Crippen molar-refractivity contribution >= 4 is 11.8 Å². The van der Waals surface area contributed by atoms with Gasteiger partial charge in [-0.3, -0.25) is 9.59 Å². The number of carbonyl (C=O) groups is 2. The Morgan fingerprint density at radius 1 is 1.44 bits per heavy atom. The molecule has 1 unspecified atom stereocenters. The summed E-state index contributed by atoms with van der Waals surface area (Å²) < 4.78 is 0. The van der Waals surface area contributed by atoms with Crippen LogP contribution in [-0.4, -0.2) is 24.4 Å². The third kappa shape index (κ3) is 2.88. The number of aryl methyl sites for hydroxylation is 1. The average molecular weight is 246 g/mol. The molecule has 0 aromatic heterocycles. The highest BCUT2D eigenvalue weighted by Gasteiger charge is 2.20. The van der Waals surface area contributed by atoms with E-state index in [0.29, 0.717) is 19.4 Å². The molecular weight excluding hydrogens is 228 g/mol. The lowest BCUT2D eigenvalue weighted by Gasteiger charge is -2.23. The van der Waals surface area contributed by atoms with Gasteiger partial charge in [-0.25, -0.2) is 0 Å². The monoisotopic (exact) mass is 246 g/mol. The normalized spacial score (nSPS) is 19.2. The minimum Gasteiger partial charge on any atom is -0.354 e. The third-order valence-electron chi connectivity index (χ3n) is 3.24. The highest BCUT2D eigenvalue weighted by atomic mass is 16.2. The van der Waals surface area contributed by atoms with Crippen LogP contribution in [0.4, 0.5) is 0 Å². The van der Waals surface area contributed by atoms with Crippen LogP contribution >= 0.6 is 0 Å². The molecule has 0 bridgehead atoms. The van der Waals surface area contributed by atoms with Gasteiger partial charge in [0, 0.05) is 24.6 Å². The van der Waals surface area contributed by atoms with Gasteiger partial charge in [0.05, 0.1) is 0 Å². The molecule has 96 valence electrons. The van der Waals surface area contributed by atoms with Gasteiger partial charge in [0.15, 0.2) is 0 Å². The number of hydrogen-bond acceptors (Lipinski definition) is 2. The van der Waals surface area contributed by atoms with Gasteiger partial charge in [-0.15, -0.1) is 0 Å². The van der Waals surface area contributed by atoms with Crippen LogP contribution < -0.4 is 10.6 Å². The van der Waals surface area contributed by atoms with E-state index in [1.165, 1.54) is 0 Å². The molecule has 18 heavy (non-hydrogen) atoms. The lowest BCUT2D eigenvalue weighted by molar-refractivity contribution is -0.122. The SMILES string of the molecule is CCc1ccccc1C(=O)NC1CCC(=O)NC1. The molecular formula is C14H18N2O2. The molecule has 2 rings (SSSR count). The first-order chi connectivity index (χ1) is 8.70. The van der Waals surface area contributed by atoms with E-state index in [9.17, 15) is 9.59 Å². The Labute approximate surface area is 107 Å². The number of hydrogen-bond donors (Lipinski definition) is 2. The van der Waals surface area contributed by atoms with E-state index in [4.69, 9.17) is 0 Å². The van der Waals surface area contributed by atoms with Crippen molar-refractivity contribution in [3.63, 3.8) is 0 Å². The zero-order valence-corrected chi connectivity index (χ0v) is 10.5. The molecule has 1 aliphatic heterocycles. The first-order valence-corrected chi connectivity index (χ1v) is 6.36. The summed E-state index contributed by atoms with van der Waals surface area (Å²) >= 11 is 0. The number of nitrogens with one attached hydrogen (secondary N) is 2. The third-order valence-corrected chi connectivity index (χ3v) is 3.24. The molecule has 1 aromatic rings. The number of rotatable bonds is 3. The van der Waals surface area contributed by atoms with Crippen molar-refractivity contribution in [3.05, 3.63) is 35.4 Å². The van der Waals surface area contributed by atoms with Crippen molar-refractivity contribution in [3.8, 4) is 0 Å². The molecule has 0 aliphatic carbocycles. The summed E-state index contributed by atoms with van der Waals surface area (Å²) in [7, 11) is 0. The van der Waals surface area contributed by atoms with Gasteiger partial charge >= 0.3 is 0 Å². The van der Waals surface area contributed by atoms with Crippen molar-refractivity contribution in [1.29, 1.82) is 0 Å². The maximum Gasteiger partial charge on any atom is 0.251 e. The fourth-order valence-corrected chi connectivity index (χ4v) is 2.17. The van der Waals surface area contributed by atoms with Crippen molar-refractivity contribution in [1.82, 2.24) is 10.6 Å². The van der Waals surface area contributed by atoms with Gasteiger partial charge in [-0.2, -0.15) is 0 Å². The van der Waals surface area contributed by atoms with Crippen molar-refractivity contribution in [2.75, 3.05) is 6.54 Å². The second-order valence-corrected chi connectivity index (χ2v) is 4.52. The molecule has 0 saturated carbocycles. The summed E-state index contributed by atoms with van der Waals surface area (Å²) in [5.74, 6) is 0.0167. The lowest BCUT2D eigenvalue weighted by Crippen LogP contribution is -2.47. The number of carbonyl (C=O) groups excluding carboxylic acids is 2. The predicted molar refractivity (Wildman–Crippen MR) is 69.3 cm³/mol. The minimum atomic E-state index is -0.0476. The van der Waals surface area contributed by atoms with Crippen LogP contribution in [0, 0.1) is 0 Å². The molecule has 2 amide bonds. The van der Waals surface area contributed by atoms with Crippen molar-refractivity contribution in [2.24, 2.45) is 0 Å². The van der Waals surface area contributed by atoms with E-state index in [1.807, 2.05) is 31.2 Å². The molecule has 1 atom stereocenters. The molecule has 4 heteroatoms. The zero-order chi connectivity index (χ0) is 13.0. The quantitative estimate of drug-likeness (QED) is 0.843. The summed E-state index contributed by atoms with van der Waals surface area (Å²) in [5.41, 5.74) is 1.78. The summed E-state index contributed by atoms with van der Waals surface area (Å²) in [6.45, 7) is 2.56. The first kappa shape index (κ1) is 12.6. The Morgan fingerprint density at radius 2 is 2.22 bits per heavy atom. The molecule has 0 radical (unpaired) electrons. The number of benzene rings is 1. The lowest BCUT2D eigenvalue weighted by atomic mass is 10.0. The van der Waals surface area contributed by atoms with E-state index >= 15 is 0 Å². The molecule has 1 aromatic carbocycles. The summed E-state index contributed by atoms with van der Waals surface area (Å²) in [4.78, 5) is 23.2. The Morgan fingerprint density at radius 3 is 2.89 bits per heavy atom. The molecule has 0 spiro atoms. The topological polar surface area (TPSA) is 58.2 Å². The summed E-state index contributed by atoms with van der Waals surface area (Å²) in [6.07, 6.45) is 2.04. The summed E-state index contributed by atoms with van der Waals surface area (Å²) in [5, 5.41) is 5.74. The Bertz CT molecular complexity index is 447. The van der Waals surface area contributed by atoms with E-state index in [-0.39, 0.29) is 17.9 Å². The van der Waals surface area contributed by atoms with Gasteiger partial charge < -0.3 is 10.6 Å². The Kier molecular flexibility index (Phi) is 3.97. The standard InChI is InChI=1S/C14H18N2O2/c1-2-10-5-3-4-6-12(10)14(18)16-11-7-8-13(17)15-9-11/h3-6,11H,2,7-9H2,1H3,(H,15,17)(H,16,18). The van der Waals surface area contributed by atoms with E-state index in [1.54, 1.807) is 0 Å². The summed E-state index contributed by atoms with van der Waals surface area (Å²) in [6, 6.07) is 7.67. The highest BCUT2D eigenvalue weighted by Crippen LogP contribution is 2.11. The largest absolute Gasteiger partial charge is 0.354 e. The molecule has 2 N–H and O–H groups in total. The van der Waals surface area contributed by atoms with Crippen LogP contribution in [0.25, 0.3) is 0 Å². The van der Waals surface area contributed by atoms with E-state index in [0.717, 1.165) is 17.5 Å². The van der Waals surface area contributed by atoms with Crippen LogP contribution in [0.5, 0.6) is 0 Å². The van der Waals surface area contributed by atoms with E-state index in [2.05, 4.69) is 10.6 Å². The molecule has 4 nitrogen and oxygen atoms in total. The Hall–Kier alpha value is -1.84. The van der Waals surface area contributed by atoms with Gasteiger partial charge in [0.1, 0.15) is 0 Å². The minimum absolute atomic E-state index is 0.0418. The van der Waals surface area contributed by atoms with Crippen LogP contribution in [-0.2, 0) is 11.2 Å². The molecule has 1 aliphatic rings. The van der Waals surface area contributed by atoms with Crippen molar-refractivity contribution < 1.29 is 9.59 Å². The predicted octanol–water partition coefficient (Wildman–Crippen LogP) is 1.26. The van der Waals surface area contributed by atoms with E-state index < -0.39 is 0 Å². The van der Waals surface area contributed by atoms with Crippen LogP contribution in [0.15, 0.2) is 24.3 Å². The van der Waals surface area contributed by atoms with Crippen molar-refractivity contribution in [2.45, 2.75) is 32.2 Å². The smallest absolute Gasteiger partial charge is 0.251 e.